The summed E-state index contributed by atoms with van der Waals surface area (Å²) in [5.74, 6) is 3.63. The first kappa shape index (κ1) is 22.4. The Morgan fingerprint density at radius 1 is 1.25 bits per heavy atom. The molecule has 1 unspecified atom stereocenters. The molecule has 0 aliphatic carbocycles. The van der Waals surface area contributed by atoms with Crippen LogP contribution in [-0.4, -0.2) is 74.4 Å². The normalized spacial score (nSPS) is 17.5. The van der Waals surface area contributed by atoms with Crippen molar-refractivity contribution in [3.63, 3.8) is 0 Å². The van der Waals surface area contributed by atoms with Crippen LogP contribution in [0.2, 0.25) is 0 Å². The minimum Gasteiger partial charge on any atom is -0.491 e. The van der Waals surface area contributed by atoms with Crippen molar-refractivity contribution in [2.24, 2.45) is 0 Å². The molecule has 2 aliphatic heterocycles. The number of ether oxygens (including phenoxy) is 4. The molecule has 1 aromatic carbocycles. The van der Waals surface area contributed by atoms with Gasteiger partial charge in [-0.15, -0.1) is 0 Å². The second-order valence-electron chi connectivity index (χ2n) is 7.65. The van der Waals surface area contributed by atoms with Crippen molar-refractivity contribution in [2.45, 2.75) is 18.9 Å². The zero-order valence-corrected chi connectivity index (χ0v) is 19.5. The summed E-state index contributed by atoms with van der Waals surface area (Å²) in [6.45, 7) is 2.62. The lowest BCUT2D eigenvalue weighted by molar-refractivity contribution is -0.129. The molecule has 2 aliphatic rings. The summed E-state index contributed by atoms with van der Waals surface area (Å²) in [5, 5.41) is 0. The van der Waals surface area contributed by atoms with Crippen LogP contribution in [0.25, 0.3) is 0 Å². The fourth-order valence-corrected chi connectivity index (χ4v) is 4.38. The van der Waals surface area contributed by atoms with Crippen molar-refractivity contribution in [2.75, 3.05) is 57.4 Å². The number of nitrogens with zero attached hydrogens (tertiary/aromatic N) is 3. The van der Waals surface area contributed by atoms with Crippen molar-refractivity contribution in [1.29, 1.82) is 0 Å². The summed E-state index contributed by atoms with van der Waals surface area (Å²) in [6, 6.07) is 7.75. The first-order valence-electron chi connectivity index (χ1n) is 10.7. The number of benzene rings is 1. The van der Waals surface area contributed by atoms with E-state index in [-0.39, 0.29) is 12.0 Å². The third-order valence-corrected chi connectivity index (χ3v) is 6.26. The Morgan fingerprint density at radius 2 is 2.12 bits per heavy atom. The molecule has 3 heterocycles. The lowest BCUT2D eigenvalue weighted by Crippen LogP contribution is -2.31. The smallest absolute Gasteiger partial charge is 0.256 e. The molecule has 4 rings (SSSR count). The molecule has 9 heteroatoms. The van der Waals surface area contributed by atoms with E-state index in [2.05, 4.69) is 9.88 Å². The number of anilines is 2. The molecule has 8 nitrogen and oxygen atoms in total. The molecule has 0 saturated carbocycles. The highest BCUT2D eigenvalue weighted by atomic mass is 32.2. The number of rotatable bonds is 8. The number of thioether (sulfide) groups is 1. The topological polar surface area (TPSA) is 73.4 Å². The minimum atomic E-state index is -0.00742. The minimum absolute atomic E-state index is 0.00742. The first-order chi connectivity index (χ1) is 15.6. The SMILES string of the molecule is COc1cc(N2CCOc3ccc(OC4CCN(C(=O)CCSC)C4)cc32)cnc1OC. The molecule has 2 aromatic rings. The van der Waals surface area contributed by atoms with E-state index >= 15 is 0 Å². The number of aromatic nitrogens is 1. The van der Waals surface area contributed by atoms with Crippen LogP contribution in [0.3, 0.4) is 0 Å². The average molecular weight is 460 g/mol. The van der Waals surface area contributed by atoms with Crippen LogP contribution in [0.15, 0.2) is 30.5 Å². The lowest BCUT2D eigenvalue weighted by atomic mass is 10.2. The predicted molar refractivity (Wildman–Crippen MR) is 125 cm³/mol. The van der Waals surface area contributed by atoms with Crippen LogP contribution in [0.1, 0.15) is 12.8 Å². The van der Waals surface area contributed by atoms with Gasteiger partial charge < -0.3 is 28.7 Å². The zero-order valence-electron chi connectivity index (χ0n) is 18.7. The van der Waals surface area contributed by atoms with E-state index in [0.717, 1.165) is 41.6 Å². The van der Waals surface area contributed by atoms with Gasteiger partial charge in [-0.25, -0.2) is 4.98 Å². The van der Waals surface area contributed by atoms with E-state index in [1.807, 2.05) is 35.4 Å². The van der Waals surface area contributed by atoms with Crippen LogP contribution in [-0.2, 0) is 4.79 Å². The van der Waals surface area contributed by atoms with Gasteiger partial charge in [0.05, 0.1) is 44.9 Å². The van der Waals surface area contributed by atoms with Crippen molar-refractivity contribution in [1.82, 2.24) is 9.88 Å². The van der Waals surface area contributed by atoms with Gasteiger partial charge in [0, 0.05) is 37.3 Å². The first-order valence-corrected chi connectivity index (χ1v) is 12.1. The Labute approximate surface area is 192 Å². The number of amides is 1. The van der Waals surface area contributed by atoms with Crippen molar-refractivity contribution in [3.8, 4) is 23.1 Å². The Morgan fingerprint density at radius 3 is 2.91 bits per heavy atom. The van der Waals surface area contributed by atoms with Gasteiger partial charge in [0.1, 0.15) is 24.2 Å². The molecule has 1 amide bonds. The molecule has 0 N–H and O–H groups in total. The number of methoxy groups -OCH3 is 2. The molecule has 1 saturated heterocycles. The highest BCUT2D eigenvalue weighted by molar-refractivity contribution is 7.98. The van der Waals surface area contributed by atoms with Gasteiger partial charge in [-0.1, -0.05) is 0 Å². The zero-order chi connectivity index (χ0) is 22.5. The molecule has 0 radical (unpaired) electrons. The van der Waals surface area contributed by atoms with Crippen molar-refractivity contribution < 1.29 is 23.7 Å². The summed E-state index contributed by atoms with van der Waals surface area (Å²) in [6.07, 6.45) is 5.19. The van der Waals surface area contributed by atoms with E-state index in [1.165, 1.54) is 0 Å². The molecule has 32 heavy (non-hydrogen) atoms. The summed E-state index contributed by atoms with van der Waals surface area (Å²) < 4.78 is 22.8. The maximum Gasteiger partial charge on any atom is 0.256 e. The summed E-state index contributed by atoms with van der Waals surface area (Å²) >= 11 is 1.69. The number of carbonyl (C=O) groups is 1. The number of pyridine rings is 1. The molecular weight excluding hydrogens is 430 g/mol. The Bertz CT molecular complexity index is 957. The van der Waals surface area contributed by atoms with Crippen LogP contribution in [0.5, 0.6) is 23.1 Å². The number of carbonyl (C=O) groups excluding carboxylic acids is 1. The number of fused-ring (bicyclic) bond motifs is 1. The summed E-state index contributed by atoms with van der Waals surface area (Å²) in [4.78, 5) is 20.7. The van der Waals surface area contributed by atoms with E-state index < -0.39 is 0 Å². The van der Waals surface area contributed by atoms with E-state index in [4.69, 9.17) is 18.9 Å². The Kier molecular flexibility index (Phi) is 7.14. The summed E-state index contributed by atoms with van der Waals surface area (Å²) in [5.41, 5.74) is 1.80. The molecule has 1 aromatic heterocycles. The van der Waals surface area contributed by atoms with Crippen LogP contribution >= 0.6 is 11.8 Å². The summed E-state index contributed by atoms with van der Waals surface area (Å²) in [7, 11) is 3.16. The highest BCUT2D eigenvalue weighted by Crippen LogP contribution is 2.41. The highest BCUT2D eigenvalue weighted by Gasteiger charge is 2.28. The number of hydrogen-bond acceptors (Lipinski definition) is 8. The van der Waals surface area contributed by atoms with Gasteiger partial charge in [-0.05, 0) is 18.4 Å². The maximum absolute atomic E-state index is 12.3. The van der Waals surface area contributed by atoms with E-state index in [0.29, 0.717) is 37.7 Å². The van der Waals surface area contributed by atoms with Crippen molar-refractivity contribution in [3.05, 3.63) is 30.5 Å². The molecule has 1 atom stereocenters. The lowest BCUT2D eigenvalue weighted by Gasteiger charge is -2.31. The molecular formula is C23H29N3O5S. The van der Waals surface area contributed by atoms with Crippen LogP contribution in [0.4, 0.5) is 11.4 Å². The fourth-order valence-electron chi connectivity index (χ4n) is 4.00. The Hall–Kier alpha value is -2.81. The Balaban J connectivity index is 1.49. The van der Waals surface area contributed by atoms with Gasteiger partial charge in [0.15, 0.2) is 5.75 Å². The van der Waals surface area contributed by atoms with E-state index in [9.17, 15) is 4.79 Å². The molecule has 0 bridgehead atoms. The standard InChI is InChI=1S/C23H29N3O5S/c1-28-21-12-16(14-24-23(21)29-2)26-9-10-30-20-5-4-17(13-19(20)26)31-18-6-8-25(15-18)22(27)7-11-32-3/h4-5,12-14,18H,6-11,15H2,1-3H3. The number of hydrogen-bond donors (Lipinski definition) is 0. The van der Waals surface area contributed by atoms with Gasteiger partial charge in [-0.2, -0.15) is 11.8 Å². The van der Waals surface area contributed by atoms with E-state index in [1.54, 1.807) is 32.2 Å². The van der Waals surface area contributed by atoms with Crippen molar-refractivity contribution >= 4 is 29.0 Å². The monoisotopic (exact) mass is 459 g/mol. The second kappa shape index (κ2) is 10.2. The van der Waals surface area contributed by atoms with Gasteiger partial charge in [-0.3, -0.25) is 4.79 Å². The second-order valence-corrected chi connectivity index (χ2v) is 8.63. The molecule has 0 spiro atoms. The van der Waals surface area contributed by atoms with Gasteiger partial charge in [0.25, 0.3) is 5.88 Å². The van der Waals surface area contributed by atoms with Gasteiger partial charge in [0.2, 0.25) is 5.91 Å². The quantitative estimate of drug-likeness (QED) is 0.595. The number of likely N-dealkylation sites (tertiary alicyclic amines) is 1. The van der Waals surface area contributed by atoms with Crippen LogP contribution in [0, 0.1) is 0 Å². The third-order valence-electron chi connectivity index (χ3n) is 5.64. The van der Waals surface area contributed by atoms with Crippen LogP contribution < -0.4 is 23.8 Å². The fraction of sp³-hybridized carbons (Fsp3) is 0.478. The largest absolute Gasteiger partial charge is 0.491 e. The molecule has 1 fully saturated rings. The third kappa shape index (κ3) is 4.82. The average Bonchev–Trinajstić information content (AvgIpc) is 3.30. The predicted octanol–water partition coefficient (Wildman–Crippen LogP) is 3.36. The van der Waals surface area contributed by atoms with Gasteiger partial charge >= 0.3 is 0 Å². The molecule has 172 valence electrons. The maximum atomic E-state index is 12.3.